The van der Waals surface area contributed by atoms with Crippen LogP contribution in [0.3, 0.4) is 0 Å². The summed E-state index contributed by atoms with van der Waals surface area (Å²) in [6.45, 7) is 0.520. The Balaban J connectivity index is 1.42. The van der Waals surface area contributed by atoms with Crippen molar-refractivity contribution in [3.05, 3.63) is 65.9 Å². The van der Waals surface area contributed by atoms with Gasteiger partial charge in [0.15, 0.2) is 0 Å². The average Bonchev–Trinajstić information content (AvgIpc) is 3.59. The summed E-state index contributed by atoms with van der Waals surface area (Å²) in [5, 5.41) is 2.19. The Morgan fingerprint density at radius 2 is 1.72 bits per heavy atom. The van der Waals surface area contributed by atoms with Gasteiger partial charge in [-0.15, -0.1) is 0 Å². The summed E-state index contributed by atoms with van der Waals surface area (Å²) in [5.74, 6) is 2.34. The SMILES string of the molecule is N[C@H]1CC[C@@H](Oc2cc3ccnc(OCc4ccccc4)c3cc2C2CC2)CC1. The standard InChI is InChI=1S/C25H28N2O2/c26-20-8-10-21(11-9-20)29-24-14-19-12-13-27-25(23(19)15-22(24)18-6-7-18)28-16-17-4-2-1-3-5-17/h1-5,12-15,18,20-21H,6-11,16,26H2/t20-,21+. The molecule has 2 N–H and O–H groups in total. The minimum absolute atomic E-state index is 0.278. The van der Waals surface area contributed by atoms with Gasteiger partial charge in [-0.05, 0) is 79.2 Å². The predicted molar refractivity (Wildman–Crippen MR) is 115 cm³/mol. The third-order valence-electron chi connectivity index (χ3n) is 6.11. The van der Waals surface area contributed by atoms with Crippen LogP contribution in [0.1, 0.15) is 55.6 Å². The van der Waals surface area contributed by atoms with Crippen molar-refractivity contribution in [1.29, 1.82) is 0 Å². The minimum atomic E-state index is 0.278. The fraction of sp³-hybridized carbons (Fsp3) is 0.400. The Morgan fingerprint density at radius 3 is 2.48 bits per heavy atom. The summed E-state index contributed by atoms with van der Waals surface area (Å²) in [5.41, 5.74) is 8.52. The lowest BCUT2D eigenvalue weighted by Crippen LogP contribution is -2.31. The molecule has 0 spiro atoms. The molecule has 2 saturated carbocycles. The van der Waals surface area contributed by atoms with Gasteiger partial charge in [-0.3, -0.25) is 0 Å². The van der Waals surface area contributed by atoms with Crippen LogP contribution in [-0.2, 0) is 6.61 Å². The molecule has 0 bridgehead atoms. The van der Waals surface area contributed by atoms with E-state index in [1.54, 1.807) is 0 Å². The molecule has 4 heteroatoms. The number of hydrogen-bond donors (Lipinski definition) is 1. The van der Waals surface area contributed by atoms with E-state index in [-0.39, 0.29) is 6.10 Å². The number of nitrogens with two attached hydrogens (primary N) is 1. The van der Waals surface area contributed by atoms with Gasteiger partial charge in [-0.1, -0.05) is 30.3 Å². The second-order valence-corrected chi connectivity index (χ2v) is 8.43. The van der Waals surface area contributed by atoms with Gasteiger partial charge in [0.2, 0.25) is 5.88 Å². The lowest BCUT2D eigenvalue weighted by Gasteiger charge is -2.28. The number of aromatic nitrogens is 1. The molecule has 1 aromatic heterocycles. The molecule has 1 heterocycles. The topological polar surface area (TPSA) is 57.4 Å². The molecule has 0 radical (unpaired) electrons. The van der Waals surface area contributed by atoms with E-state index >= 15 is 0 Å². The molecule has 0 unspecified atom stereocenters. The largest absolute Gasteiger partial charge is 0.490 e. The maximum atomic E-state index is 6.50. The number of rotatable bonds is 6. The van der Waals surface area contributed by atoms with Crippen molar-refractivity contribution in [2.24, 2.45) is 5.73 Å². The maximum absolute atomic E-state index is 6.50. The van der Waals surface area contributed by atoms with Gasteiger partial charge in [-0.2, -0.15) is 0 Å². The summed E-state index contributed by atoms with van der Waals surface area (Å²) >= 11 is 0. The van der Waals surface area contributed by atoms with Gasteiger partial charge in [0.25, 0.3) is 0 Å². The molecule has 0 aliphatic heterocycles. The second kappa shape index (κ2) is 8.03. The lowest BCUT2D eigenvalue weighted by atomic mass is 9.93. The molecule has 0 atom stereocenters. The first-order chi connectivity index (χ1) is 14.3. The van der Waals surface area contributed by atoms with Crippen LogP contribution >= 0.6 is 0 Å². The van der Waals surface area contributed by atoms with E-state index in [9.17, 15) is 0 Å². The van der Waals surface area contributed by atoms with Crippen LogP contribution in [0.15, 0.2) is 54.7 Å². The zero-order valence-electron chi connectivity index (χ0n) is 16.7. The predicted octanol–water partition coefficient (Wildman–Crippen LogP) is 5.34. The Bertz CT molecular complexity index is 977. The van der Waals surface area contributed by atoms with Crippen LogP contribution in [0, 0.1) is 0 Å². The number of nitrogens with zero attached hydrogens (tertiary/aromatic N) is 1. The van der Waals surface area contributed by atoms with Crippen LogP contribution in [0.5, 0.6) is 11.6 Å². The monoisotopic (exact) mass is 388 g/mol. The van der Waals surface area contributed by atoms with Gasteiger partial charge in [0.1, 0.15) is 12.4 Å². The molecule has 5 rings (SSSR count). The van der Waals surface area contributed by atoms with Crippen LogP contribution < -0.4 is 15.2 Å². The van der Waals surface area contributed by atoms with Crippen LogP contribution in [-0.4, -0.2) is 17.1 Å². The van der Waals surface area contributed by atoms with Gasteiger partial charge < -0.3 is 15.2 Å². The zero-order chi connectivity index (χ0) is 19.6. The number of pyridine rings is 1. The summed E-state index contributed by atoms with van der Waals surface area (Å²) in [6.07, 6.45) is 8.77. The minimum Gasteiger partial charge on any atom is -0.490 e. The molecule has 2 aliphatic carbocycles. The van der Waals surface area contributed by atoms with Crippen molar-refractivity contribution in [1.82, 2.24) is 4.98 Å². The molecule has 2 aliphatic rings. The molecule has 0 amide bonds. The first-order valence-electron chi connectivity index (χ1n) is 10.8. The highest BCUT2D eigenvalue weighted by molar-refractivity contribution is 5.89. The summed E-state index contributed by atoms with van der Waals surface area (Å²) in [4.78, 5) is 4.52. The van der Waals surface area contributed by atoms with E-state index in [0.717, 1.165) is 47.8 Å². The molecule has 0 saturated heterocycles. The van der Waals surface area contributed by atoms with Gasteiger partial charge in [-0.25, -0.2) is 4.98 Å². The van der Waals surface area contributed by atoms with E-state index in [2.05, 4.69) is 29.2 Å². The first-order valence-corrected chi connectivity index (χ1v) is 10.8. The van der Waals surface area contributed by atoms with E-state index in [4.69, 9.17) is 15.2 Å². The number of benzene rings is 2. The highest BCUT2D eigenvalue weighted by Crippen LogP contribution is 2.47. The quantitative estimate of drug-likeness (QED) is 0.619. The molecule has 2 fully saturated rings. The van der Waals surface area contributed by atoms with Crippen molar-refractivity contribution >= 4 is 10.8 Å². The number of fused-ring (bicyclic) bond motifs is 1. The Labute approximate surface area is 172 Å². The van der Waals surface area contributed by atoms with E-state index in [0.29, 0.717) is 24.4 Å². The molecule has 29 heavy (non-hydrogen) atoms. The Morgan fingerprint density at radius 1 is 0.931 bits per heavy atom. The van der Waals surface area contributed by atoms with Crippen LogP contribution in [0.2, 0.25) is 0 Å². The van der Waals surface area contributed by atoms with Crippen molar-refractivity contribution < 1.29 is 9.47 Å². The smallest absolute Gasteiger partial charge is 0.221 e. The molecular formula is C25H28N2O2. The average molecular weight is 389 g/mol. The van der Waals surface area contributed by atoms with Crippen LogP contribution in [0.4, 0.5) is 0 Å². The summed E-state index contributed by atoms with van der Waals surface area (Å²) in [7, 11) is 0. The number of ether oxygens (including phenoxy) is 2. The van der Waals surface area contributed by atoms with E-state index < -0.39 is 0 Å². The second-order valence-electron chi connectivity index (χ2n) is 8.43. The molecule has 2 aromatic carbocycles. The fourth-order valence-corrected chi connectivity index (χ4v) is 4.23. The van der Waals surface area contributed by atoms with Crippen molar-refractivity contribution in [3.63, 3.8) is 0 Å². The van der Waals surface area contributed by atoms with E-state index in [1.165, 1.54) is 18.4 Å². The molecule has 150 valence electrons. The van der Waals surface area contributed by atoms with Gasteiger partial charge in [0.05, 0.1) is 6.10 Å². The van der Waals surface area contributed by atoms with Gasteiger partial charge >= 0.3 is 0 Å². The Kier molecular flexibility index (Phi) is 5.11. The highest BCUT2D eigenvalue weighted by atomic mass is 16.5. The lowest BCUT2D eigenvalue weighted by molar-refractivity contribution is 0.146. The molecule has 4 nitrogen and oxygen atoms in total. The maximum Gasteiger partial charge on any atom is 0.221 e. The van der Waals surface area contributed by atoms with Crippen molar-refractivity contribution in [2.45, 2.75) is 63.2 Å². The molecular weight excluding hydrogens is 360 g/mol. The van der Waals surface area contributed by atoms with Crippen molar-refractivity contribution in [3.8, 4) is 11.6 Å². The summed E-state index contributed by atoms with van der Waals surface area (Å²) in [6, 6.07) is 17.0. The first kappa shape index (κ1) is 18.4. The van der Waals surface area contributed by atoms with Crippen molar-refractivity contribution in [2.75, 3.05) is 0 Å². The van der Waals surface area contributed by atoms with Crippen LogP contribution in [0.25, 0.3) is 10.8 Å². The van der Waals surface area contributed by atoms with E-state index in [1.807, 2.05) is 30.5 Å². The normalized spacial score (nSPS) is 21.8. The van der Waals surface area contributed by atoms with Gasteiger partial charge in [0, 0.05) is 17.6 Å². The third-order valence-corrected chi connectivity index (χ3v) is 6.11. The zero-order valence-corrected chi connectivity index (χ0v) is 16.7. The fourth-order valence-electron chi connectivity index (χ4n) is 4.23. The highest BCUT2D eigenvalue weighted by Gasteiger charge is 2.29. The Hall–Kier alpha value is -2.59. The number of hydrogen-bond acceptors (Lipinski definition) is 4. The summed E-state index contributed by atoms with van der Waals surface area (Å²) < 4.78 is 12.6. The molecule has 3 aromatic rings. The third kappa shape index (κ3) is 4.23.